The van der Waals surface area contributed by atoms with Gasteiger partial charge in [-0.05, 0) is 36.2 Å². The van der Waals surface area contributed by atoms with Crippen molar-refractivity contribution in [1.82, 2.24) is 4.90 Å². The Labute approximate surface area is 112 Å². The van der Waals surface area contributed by atoms with Crippen LogP contribution in [0.1, 0.15) is 21.5 Å². The fourth-order valence-electron chi connectivity index (χ4n) is 1.95. The Balaban J connectivity index is 2.12. The number of halogens is 1. The average molecular weight is 257 g/mol. The smallest absolute Gasteiger partial charge is 0.254 e. The summed E-state index contributed by atoms with van der Waals surface area (Å²) in [5, 5.41) is 0. The van der Waals surface area contributed by atoms with E-state index in [1.54, 1.807) is 24.1 Å². The molecule has 3 heteroatoms. The van der Waals surface area contributed by atoms with E-state index < -0.39 is 0 Å². The maximum Gasteiger partial charge on any atom is 0.254 e. The van der Waals surface area contributed by atoms with E-state index in [2.05, 4.69) is 0 Å². The second kappa shape index (κ2) is 5.65. The van der Waals surface area contributed by atoms with Crippen molar-refractivity contribution >= 4 is 5.91 Å². The minimum atomic E-state index is -0.267. The van der Waals surface area contributed by atoms with Gasteiger partial charge in [-0.2, -0.15) is 0 Å². The van der Waals surface area contributed by atoms with Crippen molar-refractivity contribution in [1.29, 1.82) is 0 Å². The molecular weight excluding hydrogens is 241 g/mol. The van der Waals surface area contributed by atoms with E-state index in [-0.39, 0.29) is 11.7 Å². The maximum atomic E-state index is 12.8. The van der Waals surface area contributed by atoms with Gasteiger partial charge in [-0.3, -0.25) is 4.79 Å². The topological polar surface area (TPSA) is 20.3 Å². The van der Waals surface area contributed by atoms with Crippen molar-refractivity contribution in [2.75, 3.05) is 7.05 Å². The van der Waals surface area contributed by atoms with Gasteiger partial charge in [0, 0.05) is 19.2 Å². The summed E-state index contributed by atoms with van der Waals surface area (Å²) in [5.74, 6) is -0.293. The second-order valence-corrected chi connectivity index (χ2v) is 4.60. The predicted octanol–water partition coefficient (Wildman–Crippen LogP) is 3.41. The molecule has 2 nitrogen and oxygen atoms in total. The van der Waals surface area contributed by atoms with Crippen LogP contribution in [0.2, 0.25) is 0 Å². The summed E-state index contributed by atoms with van der Waals surface area (Å²) in [4.78, 5) is 13.9. The fraction of sp³-hybridized carbons (Fsp3) is 0.188. The van der Waals surface area contributed by atoms with E-state index in [4.69, 9.17) is 0 Å². The van der Waals surface area contributed by atoms with Crippen LogP contribution in [-0.4, -0.2) is 17.9 Å². The van der Waals surface area contributed by atoms with Gasteiger partial charge < -0.3 is 4.90 Å². The van der Waals surface area contributed by atoms with Gasteiger partial charge in [0.2, 0.25) is 0 Å². The van der Waals surface area contributed by atoms with Crippen molar-refractivity contribution in [3.63, 3.8) is 0 Å². The van der Waals surface area contributed by atoms with Crippen LogP contribution in [0.25, 0.3) is 0 Å². The van der Waals surface area contributed by atoms with E-state index in [1.807, 2.05) is 31.2 Å². The Bertz CT molecular complexity index is 578. The van der Waals surface area contributed by atoms with Crippen molar-refractivity contribution < 1.29 is 9.18 Å². The third kappa shape index (κ3) is 3.19. The van der Waals surface area contributed by atoms with Gasteiger partial charge in [0.15, 0.2) is 0 Å². The summed E-state index contributed by atoms with van der Waals surface area (Å²) in [6.07, 6.45) is 0. The van der Waals surface area contributed by atoms with Crippen LogP contribution in [0.5, 0.6) is 0 Å². The SMILES string of the molecule is Cc1ccccc1C(=O)N(C)Cc1ccc(F)cc1. The van der Waals surface area contributed by atoms with Crippen LogP contribution in [0, 0.1) is 12.7 Å². The summed E-state index contributed by atoms with van der Waals surface area (Å²) in [7, 11) is 1.75. The van der Waals surface area contributed by atoms with Gasteiger partial charge >= 0.3 is 0 Å². The molecule has 0 heterocycles. The molecule has 0 N–H and O–H groups in total. The third-order valence-electron chi connectivity index (χ3n) is 3.06. The lowest BCUT2D eigenvalue weighted by atomic mass is 10.1. The fourth-order valence-corrected chi connectivity index (χ4v) is 1.95. The van der Waals surface area contributed by atoms with E-state index in [1.165, 1.54) is 12.1 Å². The summed E-state index contributed by atoms with van der Waals surface area (Å²) in [6, 6.07) is 13.7. The zero-order valence-electron chi connectivity index (χ0n) is 11.1. The standard InChI is InChI=1S/C16H16FNO/c1-12-5-3-4-6-15(12)16(19)18(2)11-13-7-9-14(17)10-8-13/h3-10H,11H2,1-2H3. The number of carbonyl (C=O) groups excluding carboxylic acids is 1. The van der Waals surface area contributed by atoms with Crippen molar-refractivity contribution in [2.45, 2.75) is 13.5 Å². The molecule has 0 bridgehead atoms. The minimum absolute atomic E-state index is 0.0255. The number of amides is 1. The molecule has 0 atom stereocenters. The lowest BCUT2D eigenvalue weighted by Crippen LogP contribution is -2.26. The highest BCUT2D eigenvalue weighted by Crippen LogP contribution is 2.12. The number of rotatable bonds is 3. The van der Waals surface area contributed by atoms with Crippen molar-refractivity contribution in [3.05, 3.63) is 71.0 Å². The van der Waals surface area contributed by atoms with Crippen LogP contribution in [0.3, 0.4) is 0 Å². The molecular formula is C16H16FNO. The molecule has 98 valence electrons. The van der Waals surface area contributed by atoms with Crippen molar-refractivity contribution in [2.24, 2.45) is 0 Å². The van der Waals surface area contributed by atoms with Crippen LogP contribution >= 0.6 is 0 Å². The molecule has 2 rings (SSSR count). The number of carbonyl (C=O) groups is 1. The Kier molecular flexibility index (Phi) is 3.95. The monoisotopic (exact) mass is 257 g/mol. The number of hydrogen-bond acceptors (Lipinski definition) is 1. The number of hydrogen-bond donors (Lipinski definition) is 0. The van der Waals surface area contributed by atoms with Gasteiger partial charge in [-0.1, -0.05) is 30.3 Å². The van der Waals surface area contributed by atoms with Gasteiger partial charge in [0.1, 0.15) is 5.82 Å². The Morgan fingerprint density at radius 1 is 1.11 bits per heavy atom. The molecule has 2 aromatic rings. The Morgan fingerprint density at radius 2 is 1.74 bits per heavy atom. The number of aryl methyl sites for hydroxylation is 1. The molecule has 0 aliphatic rings. The molecule has 0 aliphatic heterocycles. The first-order chi connectivity index (χ1) is 9.08. The summed E-state index contributed by atoms with van der Waals surface area (Å²) >= 11 is 0. The van der Waals surface area contributed by atoms with Crippen LogP contribution in [0.15, 0.2) is 48.5 Å². The first-order valence-electron chi connectivity index (χ1n) is 6.13. The summed E-state index contributed by atoms with van der Waals surface area (Å²) in [6.45, 7) is 2.38. The number of nitrogens with zero attached hydrogens (tertiary/aromatic N) is 1. The zero-order chi connectivity index (χ0) is 13.8. The second-order valence-electron chi connectivity index (χ2n) is 4.60. The van der Waals surface area contributed by atoms with Crippen LogP contribution in [-0.2, 0) is 6.54 Å². The first kappa shape index (κ1) is 13.3. The highest BCUT2D eigenvalue weighted by Gasteiger charge is 2.13. The molecule has 19 heavy (non-hydrogen) atoms. The molecule has 0 radical (unpaired) electrons. The Morgan fingerprint density at radius 3 is 2.37 bits per heavy atom. The first-order valence-corrected chi connectivity index (χ1v) is 6.13. The summed E-state index contributed by atoms with van der Waals surface area (Å²) < 4.78 is 12.8. The summed E-state index contributed by atoms with van der Waals surface area (Å²) in [5.41, 5.74) is 2.57. The molecule has 0 spiro atoms. The highest BCUT2D eigenvalue weighted by molar-refractivity contribution is 5.95. The highest BCUT2D eigenvalue weighted by atomic mass is 19.1. The van der Waals surface area contributed by atoms with Gasteiger partial charge in [0.25, 0.3) is 5.91 Å². The van der Waals surface area contributed by atoms with E-state index in [9.17, 15) is 9.18 Å². The molecule has 1 amide bonds. The Hall–Kier alpha value is -2.16. The quantitative estimate of drug-likeness (QED) is 0.825. The van der Waals surface area contributed by atoms with E-state index in [0.29, 0.717) is 12.1 Å². The third-order valence-corrected chi connectivity index (χ3v) is 3.06. The lowest BCUT2D eigenvalue weighted by Gasteiger charge is -2.18. The predicted molar refractivity (Wildman–Crippen MR) is 73.4 cm³/mol. The van der Waals surface area contributed by atoms with Crippen LogP contribution in [0.4, 0.5) is 4.39 Å². The molecule has 0 aliphatic carbocycles. The largest absolute Gasteiger partial charge is 0.337 e. The van der Waals surface area contributed by atoms with Gasteiger partial charge in [-0.25, -0.2) is 4.39 Å². The maximum absolute atomic E-state index is 12.8. The van der Waals surface area contributed by atoms with Gasteiger partial charge in [-0.15, -0.1) is 0 Å². The van der Waals surface area contributed by atoms with E-state index >= 15 is 0 Å². The van der Waals surface area contributed by atoms with E-state index in [0.717, 1.165) is 11.1 Å². The lowest BCUT2D eigenvalue weighted by molar-refractivity contribution is 0.0784. The zero-order valence-corrected chi connectivity index (χ0v) is 11.1. The van der Waals surface area contributed by atoms with Gasteiger partial charge in [0.05, 0.1) is 0 Å². The minimum Gasteiger partial charge on any atom is -0.337 e. The van der Waals surface area contributed by atoms with Crippen molar-refractivity contribution in [3.8, 4) is 0 Å². The normalized spacial score (nSPS) is 10.3. The molecule has 0 unspecified atom stereocenters. The molecule has 0 saturated carbocycles. The molecule has 0 fully saturated rings. The molecule has 0 saturated heterocycles. The molecule has 0 aromatic heterocycles. The average Bonchev–Trinajstić information content (AvgIpc) is 2.41. The number of benzene rings is 2. The molecule has 2 aromatic carbocycles. The van der Waals surface area contributed by atoms with Crippen LogP contribution < -0.4 is 0 Å².